The van der Waals surface area contributed by atoms with Crippen molar-refractivity contribution >= 4 is 0 Å². The fourth-order valence-corrected chi connectivity index (χ4v) is 2.60. The number of hydrogen-bond acceptors (Lipinski definition) is 6. The highest BCUT2D eigenvalue weighted by atomic mass is 16.3. The van der Waals surface area contributed by atoms with Gasteiger partial charge in [-0.05, 0) is 54.0 Å². The summed E-state index contributed by atoms with van der Waals surface area (Å²) < 4.78 is 0. The summed E-state index contributed by atoms with van der Waals surface area (Å²) in [5.41, 5.74) is 1.94. The first-order chi connectivity index (χ1) is 12.9. The summed E-state index contributed by atoms with van der Waals surface area (Å²) in [4.78, 5) is 0. The van der Waals surface area contributed by atoms with E-state index in [9.17, 15) is 10.2 Å². The number of phenolic OH excluding ortho intramolecular Hbond substituents is 2. The van der Waals surface area contributed by atoms with Gasteiger partial charge in [-0.15, -0.1) is 0 Å². The Labute approximate surface area is 157 Å². The van der Waals surface area contributed by atoms with Gasteiger partial charge in [0.25, 0.3) is 0 Å². The number of aromatic hydroxyl groups is 2. The number of phenols is 2. The van der Waals surface area contributed by atoms with Gasteiger partial charge < -0.3 is 30.6 Å². The molecule has 0 amide bonds. The zero-order valence-electron chi connectivity index (χ0n) is 14.7. The number of benzene rings is 2. The maximum absolute atomic E-state index is 9.40. The van der Waals surface area contributed by atoms with E-state index >= 15 is 0 Å². The molecule has 2 aromatic rings. The Balaban J connectivity index is 0.000000149. The average molecular weight is 372 g/mol. The Morgan fingerprint density at radius 1 is 0.778 bits per heavy atom. The minimum Gasteiger partial charge on any atom is -0.508 e. The van der Waals surface area contributed by atoms with Crippen molar-refractivity contribution in [1.82, 2.24) is 0 Å². The number of rotatable bonds is 0. The van der Waals surface area contributed by atoms with E-state index in [4.69, 9.17) is 20.4 Å². The van der Waals surface area contributed by atoms with Gasteiger partial charge in [0.2, 0.25) is 0 Å². The topological polar surface area (TPSA) is 121 Å². The van der Waals surface area contributed by atoms with E-state index in [0.717, 1.165) is 11.1 Å². The van der Waals surface area contributed by atoms with Gasteiger partial charge in [0.1, 0.15) is 23.4 Å². The molecule has 0 aliphatic heterocycles. The number of hydrogen-bond donors (Lipinski definition) is 6. The van der Waals surface area contributed by atoms with Crippen LogP contribution in [0.1, 0.15) is 23.7 Å². The molecular formula is C21H24O6. The molecule has 0 radical (unpaired) electrons. The first-order valence-electron chi connectivity index (χ1n) is 8.54. The van der Waals surface area contributed by atoms with E-state index < -0.39 is 18.3 Å². The second kappa shape index (κ2) is 9.78. The molecule has 0 saturated heterocycles. The van der Waals surface area contributed by atoms with Gasteiger partial charge in [0.15, 0.2) is 0 Å². The Morgan fingerprint density at radius 2 is 1.37 bits per heavy atom. The zero-order chi connectivity index (χ0) is 19.8. The van der Waals surface area contributed by atoms with E-state index in [1.807, 2.05) is 24.3 Å². The van der Waals surface area contributed by atoms with Gasteiger partial charge in [-0.3, -0.25) is 0 Å². The van der Waals surface area contributed by atoms with E-state index in [0.29, 0.717) is 12.8 Å². The van der Waals surface area contributed by atoms with Crippen molar-refractivity contribution in [2.45, 2.75) is 31.2 Å². The van der Waals surface area contributed by atoms with Crippen molar-refractivity contribution in [2.24, 2.45) is 0 Å². The molecule has 3 unspecified atom stereocenters. The fourth-order valence-electron chi connectivity index (χ4n) is 2.60. The molecule has 6 heteroatoms. The molecule has 0 fully saturated rings. The van der Waals surface area contributed by atoms with E-state index in [2.05, 4.69) is 0 Å². The minimum absolute atomic E-state index is 0.169. The quantitative estimate of drug-likeness (QED) is 0.395. The SMILES string of the molecule is OC1=CCC(O)C=C1.OC1Cc2ccccc2C1O.Oc1ccc(O)cc1. The van der Waals surface area contributed by atoms with Crippen LogP contribution in [0.25, 0.3) is 0 Å². The molecule has 3 atom stereocenters. The minimum atomic E-state index is -0.675. The number of fused-ring (bicyclic) bond motifs is 1. The number of aliphatic hydroxyl groups is 4. The second-order valence-corrected chi connectivity index (χ2v) is 6.22. The third kappa shape index (κ3) is 6.45. The molecule has 144 valence electrons. The van der Waals surface area contributed by atoms with Crippen molar-refractivity contribution < 1.29 is 30.6 Å². The zero-order valence-corrected chi connectivity index (χ0v) is 14.7. The monoisotopic (exact) mass is 372 g/mol. The third-order valence-electron chi connectivity index (χ3n) is 4.07. The summed E-state index contributed by atoms with van der Waals surface area (Å²) in [5, 5.41) is 53.4. The van der Waals surface area contributed by atoms with Crippen LogP contribution in [-0.4, -0.2) is 42.8 Å². The Hall–Kier alpha value is -2.80. The first kappa shape index (κ1) is 20.5. The van der Waals surface area contributed by atoms with Crippen LogP contribution >= 0.6 is 0 Å². The van der Waals surface area contributed by atoms with E-state index in [1.165, 1.54) is 30.3 Å². The summed E-state index contributed by atoms with van der Waals surface area (Å²) >= 11 is 0. The maximum atomic E-state index is 9.40. The lowest BCUT2D eigenvalue weighted by Crippen LogP contribution is -2.11. The molecule has 0 aromatic heterocycles. The molecule has 6 nitrogen and oxygen atoms in total. The summed E-state index contributed by atoms with van der Waals surface area (Å²) in [7, 11) is 0. The molecule has 0 spiro atoms. The lowest BCUT2D eigenvalue weighted by atomic mass is 10.1. The molecule has 2 aliphatic carbocycles. The molecule has 2 aliphatic rings. The van der Waals surface area contributed by atoms with Gasteiger partial charge in [-0.1, -0.05) is 30.3 Å². The third-order valence-corrected chi connectivity index (χ3v) is 4.07. The predicted octanol–water partition coefficient (Wildman–Crippen LogP) is 2.48. The Bertz CT molecular complexity index is 761. The molecular weight excluding hydrogens is 348 g/mol. The van der Waals surface area contributed by atoms with Crippen LogP contribution in [0.5, 0.6) is 11.5 Å². The molecule has 2 aromatic carbocycles. The normalized spacial score (nSPS) is 22.5. The summed E-state index contributed by atoms with van der Waals surface area (Å²) in [6.45, 7) is 0. The number of allylic oxidation sites excluding steroid dienone is 1. The maximum Gasteiger partial charge on any atom is 0.115 e. The van der Waals surface area contributed by atoms with Crippen LogP contribution in [-0.2, 0) is 6.42 Å². The van der Waals surface area contributed by atoms with Crippen molar-refractivity contribution in [3.8, 4) is 11.5 Å². The smallest absolute Gasteiger partial charge is 0.115 e. The van der Waals surface area contributed by atoms with Crippen LogP contribution in [0, 0.1) is 0 Å². The van der Waals surface area contributed by atoms with Gasteiger partial charge >= 0.3 is 0 Å². The Kier molecular flexibility index (Phi) is 7.43. The van der Waals surface area contributed by atoms with Crippen molar-refractivity contribution in [3.63, 3.8) is 0 Å². The van der Waals surface area contributed by atoms with Crippen LogP contribution in [0.3, 0.4) is 0 Å². The Morgan fingerprint density at radius 3 is 1.85 bits per heavy atom. The van der Waals surface area contributed by atoms with E-state index in [-0.39, 0.29) is 17.3 Å². The van der Waals surface area contributed by atoms with E-state index in [1.54, 1.807) is 12.2 Å². The van der Waals surface area contributed by atoms with Crippen molar-refractivity contribution in [3.05, 3.63) is 83.6 Å². The highest BCUT2D eigenvalue weighted by Gasteiger charge is 2.28. The van der Waals surface area contributed by atoms with Gasteiger partial charge in [-0.2, -0.15) is 0 Å². The van der Waals surface area contributed by atoms with Crippen LogP contribution in [0.2, 0.25) is 0 Å². The molecule has 0 bridgehead atoms. The second-order valence-electron chi connectivity index (χ2n) is 6.22. The lowest BCUT2D eigenvalue weighted by molar-refractivity contribution is 0.0326. The van der Waals surface area contributed by atoms with Crippen LogP contribution in [0.4, 0.5) is 0 Å². The highest BCUT2D eigenvalue weighted by molar-refractivity contribution is 5.34. The molecule has 0 heterocycles. The van der Waals surface area contributed by atoms with Crippen LogP contribution in [0.15, 0.2) is 72.5 Å². The average Bonchev–Trinajstić information content (AvgIpc) is 2.96. The highest BCUT2D eigenvalue weighted by Crippen LogP contribution is 2.30. The number of aliphatic hydroxyl groups excluding tert-OH is 4. The van der Waals surface area contributed by atoms with Gasteiger partial charge in [-0.25, -0.2) is 0 Å². The summed E-state index contributed by atoms with van der Waals surface area (Å²) in [6.07, 6.45) is 4.08. The lowest BCUT2D eigenvalue weighted by Gasteiger charge is -2.06. The van der Waals surface area contributed by atoms with Crippen LogP contribution < -0.4 is 0 Å². The first-order valence-corrected chi connectivity index (χ1v) is 8.54. The van der Waals surface area contributed by atoms with Gasteiger partial charge in [0.05, 0.1) is 12.2 Å². The molecule has 4 rings (SSSR count). The fraction of sp³-hybridized carbons (Fsp3) is 0.238. The largest absolute Gasteiger partial charge is 0.508 e. The molecule has 27 heavy (non-hydrogen) atoms. The molecule has 0 saturated carbocycles. The van der Waals surface area contributed by atoms with Gasteiger partial charge in [0, 0.05) is 6.42 Å². The standard InChI is InChI=1S/C9H10O2.C6H8O2.C6H6O2/c10-8-5-6-3-1-2-4-7(6)9(8)11;2*7-5-1-2-6(8)4-3-5/h1-4,8-11H,5H2;1-3,6-8H,4H2;1-4,7-8H. The predicted molar refractivity (Wildman–Crippen MR) is 101 cm³/mol. The summed E-state index contributed by atoms with van der Waals surface area (Å²) in [5.74, 6) is 0.584. The summed E-state index contributed by atoms with van der Waals surface area (Å²) in [6, 6.07) is 13.3. The van der Waals surface area contributed by atoms with Crippen molar-refractivity contribution in [2.75, 3.05) is 0 Å². The molecule has 6 N–H and O–H groups in total. The van der Waals surface area contributed by atoms with Crippen molar-refractivity contribution in [1.29, 1.82) is 0 Å².